The van der Waals surface area contributed by atoms with Gasteiger partial charge in [0.2, 0.25) is 6.79 Å². The van der Waals surface area contributed by atoms with Crippen molar-refractivity contribution in [2.24, 2.45) is 5.92 Å². The Balaban J connectivity index is 0.00000182. The van der Waals surface area contributed by atoms with Gasteiger partial charge in [0.25, 0.3) is 0 Å². The minimum Gasteiger partial charge on any atom is -1.00 e. The van der Waals surface area contributed by atoms with Crippen molar-refractivity contribution >= 4 is 5.71 Å². The molecule has 0 spiro atoms. The minimum absolute atomic E-state index is 0. The van der Waals surface area contributed by atoms with Crippen LogP contribution in [0.4, 0.5) is 4.39 Å². The van der Waals surface area contributed by atoms with Crippen molar-refractivity contribution in [1.82, 2.24) is 0 Å². The van der Waals surface area contributed by atoms with Crippen LogP contribution in [0.25, 0.3) is 0 Å². The molecule has 0 N–H and O–H groups in total. The van der Waals surface area contributed by atoms with Gasteiger partial charge in [0, 0.05) is 17.9 Å². The normalized spacial score (nSPS) is 15.2. The number of hydrogen-bond acceptors (Lipinski definition) is 2. The summed E-state index contributed by atoms with van der Waals surface area (Å²) in [5, 5.41) is 0. The second kappa shape index (κ2) is 7.04. The van der Waals surface area contributed by atoms with Gasteiger partial charge in [-0.25, -0.2) is 8.97 Å². The van der Waals surface area contributed by atoms with Gasteiger partial charge < -0.3 is 21.9 Å². The van der Waals surface area contributed by atoms with E-state index in [-0.39, 0.29) is 25.0 Å². The van der Waals surface area contributed by atoms with E-state index in [1.54, 1.807) is 6.07 Å². The van der Waals surface area contributed by atoms with Gasteiger partial charge in [-0.3, -0.25) is 0 Å². The maximum atomic E-state index is 14.1. The fourth-order valence-corrected chi connectivity index (χ4v) is 3.65. The van der Waals surface area contributed by atoms with Crippen LogP contribution in [0.1, 0.15) is 30.5 Å². The monoisotopic (exact) mass is 361 g/mol. The summed E-state index contributed by atoms with van der Waals surface area (Å²) in [4.78, 5) is 0. The van der Waals surface area contributed by atoms with Gasteiger partial charge in [0.15, 0.2) is 23.8 Å². The second-order valence-electron chi connectivity index (χ2n) is 6.67. The summed E-state index contributed by atoms with van der Waals surface area (Å²) < 4.78 is 27.4. The molecule has 0 fully saturated rings. The number of halogens is 2. The van der Waals surface area contributed by atoms with Crippen molar-refractivity contribution < 1.29 is 30.8 Å². The van der Waals surface area contributed by atoms with Gasteiger partial charge in [0.1, 0.15) is 12.4 Å². The topological polar surface area (TPSA) is 21.5 Å². The zero-order chi connectivity index (χ0) is 16.7. The van der Waals surface area contributed by atoms with Crippen LogP contribution in [0.5, 0.6) is 11.5 Å². The van der Waals surface area contributed by atoms with Gasteiger partial charge in [-0.1, -0.05) is 26.0 Å². The summed E-state index contributed by atoms with van der Waals surface area (Å²) in [5.41, 5.74) is 4.47. The molecule has 0 atom stereocenters. The lowest BCUT2D eigenvalue weighted by molar-refractivity contribution is -0.547. The Kier molecular flexibility index (Phi) is 5.00. The van der Waals surface area contributed by atoms with E-state index in [9.17, 15) is 4.39 Å². The van der Waals surface area contributed by atoms with E-state index in [0.717, 1.165) is 30.0 Å². The summed E-state index contributed by atoms with van der Waals surface area (Å²) >= 11 is 0. The first kappa shape index (κ1) is 17.7. The molecule has 0 amide bonds. The molecule has 0 bridgehead atoms. The van der Waals surface area contributed by atoms with Crippen molar-refractivity contribution in [3.8, 4) is 11.5 Å². The molecule has 25 heavy (non-hydrogen) atoms. The highest BCUT2D eigenvalue weighted by Gasteiger charge is 2.31. The molecule has 0 aromatic heterocycles. The predicted octanol–water partition coefficient (Wildman–Crippen LogP) is 0.772. The van der Waals surface area contributed by atoms with Gasteiger partial charge in [0.05, 0.1) is 5.56 Å². The van der Waals surface area contributed by atoms with Crippen LogP contribution in [0.3, 0.4) is 0 Å². The van der Waals surface area contributed by atoms with E-state index in [4.69, 9.17) is 9.47 Å². The third kappa shape index (κ3) is 3.23. The number of hydrogen-bond donors (Lipinski definition) is 0. The lowest BCUT2D eigenvalue weighted by atomic mass is 9.90. The molecule has 5 heteroatoms. The van der Waals surface area contributed by atoms with Crippen LogP contribution < -0.4 is 21.9 Å². The van der Waals surface area contributed by atoms with Gasteiger partial charge in [-0.2, -0.15) is 0 Å². The first-order chi connectivity index (χ1) is 11.6. The molecule has 0 unspecified atom stereocenters. The number of fused-ring (bicyclic) bond motifs is 2. The Hall–Kier alpha value is -2.07. The molecule has 2 heterocycles. The van der Waals surface area contributed by atoms with Crippen LogP contribution in [-0.4, -0.2) is 23.6 Å². The standard InChI is InChI=1S/C20H21FNO2.ClH/c1-13(2)20-16-10-19-18(23-12-24-19)9-14(16)7-8-22(20)11-15-5-3-4-6-17(15)21;/h3-6,9-10,13H,7-8,11-12H2,1-2H3;1H/q+1;/p-1. The average Bonchev–Trinajstić information content (AvgIpc) is 3.01. The Labute approximate surface area is 153 Å². The zero-order valence-electron chi connectivity index (χ0n) is 14.4. The number of rotatable bonds is 3. The molecule has 0 saturated heterocycles. The molecule has 2 aliphatic rings. The van der Waals surface area contributed by atoms with Gasteiger partial charge in [-0.15, -0.1) is 0 Å². The molecule has 0 radical (unpaired) electrons. The number of nitrogens with zero attached hydrogens (tertiary/aromatic N) is 1. The molecule has 132 valence electrons. The Morgan fingerprint density at radius 1 is 1.12 bits per heavy atom. The van der Waals surface area contributed by atoms with Crippen molar-refractivity contribution in [3.63, 3.8) is 0 Å². The maximum absolute atomic E-state index is 14.1. The van der Waals surface area contributed by atoms with Gasteiger partial charge >= 0.3 is 0 Å². The fraction of sp³-hybridized carbons (Fsp3) is 0.350. The van der Waals surface area contributed by atoms with E-state index in [0.29, 0.717) is 12.5 Å². The smallest absolute Gasteiger partial charge is 0.231 e. The molecular formula is C20H21ClFNO2. The minimum atomic E-state index is -0.142. The van der Waals surface area contributed by atoms with Crippen LogP contribution in [0.2, 0.25) is 0 Å². The lowest BCUT2D eigenvalue weighted by Gasteiger charge is -2.21. The third-order valence-corrected chi connectivity index (χ3v) is 4.73. The summed E-state index contributed by atoms with van der Waals surface area (Å²) in [7, 11) is 0. The van der Waals surface area contributed by atoms with Crippen molar-refractivity contribution in [2.45, 2.75) is 26.8 Å². The molecule has 4 rings (SSSR count). The van der Waals surface area contributed by atoms with E-state index < -0.39 is 0 Å². The third-order valence-electron chi connectivity index (χ3n) is 4.73. The zero-order valence-corrected chi connectivity index (χ0v) is 15.1. The highest BCUT2D eigenvalue weighted by Crippen LogP contribution is 2.37. The lowest BCUT2D eigenvalue weighted by Crippen LogP contribution is -3.00. The maximum Gasteiger partial charge on any atom is 0.231 e. The summed E-state index contributed by atoms with van der Waals surface area (Å²) in [6.07, 6.45) is 0.927. The Bertz CT molecular complexity index is 832. The van der Waals surface area contributed by atoms with E-state index in [1.165, 1.54) is 22.9 Å². The highest BCUT2D eigenvalue weighted by molar-refractivity contribution is 6.00. The predicted molar refractivity (Wildman–Crippen MR) is 90.4 cm³/mol. The summed E-state index contributed by atoms with van der Waals surface area (Å²) in [6.45, 7) is 6.13. The Morgan fingerprint density at radius 3 is 2.56 bits per heavy atom. The highest BCUT2D eigenvalue weighted by atomic mass is 35.5. The van der Waals surface area contributed by atoms with Crippen molar-refractivity contribution in [2.75, 3.05) is 13.3 Å². The van der Waals surface area contributed by atoms with Gasteiger partial charge in [-0.05, 0) is 29.8 Å². The Morgan fingerprint density at radius 2 is 1.84 bits per heavy atom. The SMILES string of the molecule is CC(C)C1=[N+](Cc2ccccc2F)CCc2cc3c(cc21)OCO3.[Cl-]. The van der Waals surface area contributed by atoms with E-state index in [1.807, 2.05) is 12.1 Å². The van der Waals surface area contributed by atoms with Crippen molar-refractivity contribution in [3.05, 3.63) is 58.9 Å². The van der Waals surface area contributed by atoms with Crippen LogP contribution in [-0.2, 0) is 13.0 Å². The van der Waals surface area contributed by atoms with Crippen LogP contribution in [0.15, 0.2) is 36.4 Å². The molecule has 3 nitrogen and oxygen atoms in total. The second-order valence-corrected chi connectivity index (χ2v) is 6.67. The number of benzene rings is 2. The fourth-order valence-electron chi connectivity index (χ4n) is 3.65. The molecule has 0 aliphatic carbocycles. The molecule has 2 aromatic rings. The van der Waals surface area contributed by atoms with Crippen molar-refractivity contribution in [1.29, 1.82) is 0 Å². The molecule has 0 saturated carbocycles. The first-order valence-corrected chi connectivity index (χ1v) is 8.41. The molecular weight excluding hydrogens is 341 g/mol. The number of ether oxygens (including phenoxy) is 2. The van der Waals surface area contributed by atoms with E-state index >= 15 is 0 Å². The van der Waals surface area contributed by atoms with Crippen LogP contribution >= 0.6 is 0 Å². The summed E-state index contributed by atoms with van der Waals surface area (Å²) in [6, 6.07) is 11.2. The largest absolute Gasteiger partial charge is 1.00 e. The van der Waals surface area contributed by atoms with Crippen LogP contribution in [0, 0.1) is 11.7 Å². The first-order valence-electron chi connectivity index (χ1n) is 8.41. The quantitative estimate of drug-likeness (QED) is 0.753. The average molecular weight is 362 g/mol. The summed E-state index contributed by atoms with van der Waals surface area (Å²) in [5.74, 6) is 1.84. The molecule has 2 aliphatic heterocycles. The molecule has 2 aromatic carbocycles. The van der Waals surface area contributed by atoms with E-state index in [2.05, 4.69) is 30.6 Å².